The van der Waals surface area contributed by atoms with E-state index in [1.54, 1.807) is 24.5 Å². The Morgan fingerprint density at radius 2 is 2.46 bits per heavy atom. The van der Waals surface area contributed by atoms with Gasteiger partial charge < -0.3 is 10.4 Å². The Morgan fingerprint density at radius 1 is 1.58 bits per heavy atom. The number of hydrogen-bond donors (Lipinski definition) is 2. The Labute approximate surface area is 144 Å². The van der Waals surface area contributed by atoms with Gasteiger partial charge in [0.05, 0.1) is 5.56 Å². The van der Waals surface area contributed by atoms with Crippen LogP contribution < -0.4 is 5.32 Å². The van der Waals surface area contributed by atoms with Crippen LogP contribution in [-0.4, -0.2) is 22.6 Å². The number of nitrogens with one attached hydrogen (secondary N) is 1. The molecule has 1 aliphatic carbocycles. The molecule has 2 heterocycles. The molecule has 0 radical (unpaired) electrons. The van der Waals surface area contributed by atoms with Crippen LogP contribution in [0.25, 0.3) is 6.08 Å². The molecule has 0 spiro atoms. The van der Waals surface area contributed by atoms with Crippen molar-refractivity contribution in [2.75, 3.05) is 11.9 Å². The summed E-state index contributed by atoms with van der Waals surface area (Å²) in [6.07, 6.45) is 8.89. The zero-order valence-electron chi connectivity index (χ0n) is 13.0. The maximum atomic E-state index is 12.1. The molecule has 2 aromatic heterocycles. The van der Waals surface area contributed by atoms with Gasteiger partial charge in [-0.05, 0) is 48.4 Å². The first-order valence-electron chi connectivity index (χ1n) is 7.76. The Balaban J connectivity index is 1.76. The van der Waals surface area contributed by atoms with Crippen molar-refractivity contribution in [2.45, 2.75) is 19.3 Å². The molecule has 24 heavy (non-hydrogen) atoms. The molecular weight excluding hydrogens is 322 g/mol. The molecular formula is C18H17N3O2S. The Hall–Kier alpha value is -2.49. The van der Waals surface area contributed by atoms with Crippen molar-refractivity contribution in [2.24, 2.45) is 5.92 Å². The van der Waals surface area contributed by atoms with Crippen molar-refractivity contribution in [3.8, 4) is 6.07 Å². The van der Waals surface area contributed by atoms with Crippen LogP contribution in [0.2, 0.25) is 0 Å². The monoisotopic (exact) mass is 339 g/mol. The second-order valence-corrected chi connectivity index (χ2v) is 6.83. The fraction of sp³-hybridized carbons (Fsp3) is 0.278. The number of fused-ring (bicyclic) bond motifs is 1. The third kappa shape index (κ3) is 3.53. The number of nitriles is 1. The van der Waals surface area contributed by atoms with Gasteiger partial charge >= 0.3 is 0 Å². The average Bonchev–Trinajstić information content (AvgIpc) is 2.96. The molecule has 0 saturated heterocycles. The summed E-state index contributed by atoms with van der Waals surface area (Å²) in [6.45, 7) is 0.161. The van der Waals surface area contributed by atoms with Gasteiger partial charge in [-0.2, -0.15) is 5.26 Å². The van der Waals surface area contributed by atoms with Crippen LogP contribution in [0.4, 0.5) is 5.00 Å². The molecule has 0 aliphatic heterocycles. The van der Waals surface area contributed by atoms with Gasteiger partial charge in [-0.3, -0.25) is 9.78 Å². The van der Waals surface area contributed by atoms with Crippen molar-refractivity contribution >= 4 is 28.3 Å². The predicted molar refractivity (Wildman–Crippen MR) is 93.5 cm³/mol. The first-order valence-corrected chi connectivity index (χ1v) is 8.57. The lowest BCUT2D eigenvalue weighted by Gasteiger charge is -2.19. The maximum absolute atomic E-state index is 12.1. The molecule has 122 valence electrons. The highest BCUT2D eigenvalue weighted by Crippen LogP contribution is 2.39. The smallest absolute Gasteiger partial charge is 0.249 e. The molecule has 2 N–H and O–H groups in total. The number of thiophene rings is 1. The second-order valence-electron chi connectivity index (χ2n) is 5.72. The van der Waals surface area contributed by atoms with E-state index in [1.165, 1.54) is 17.4 Å². The number of aromatic nitrogens is 1. The minimum atomic E-state index is -0.271. The van der Waals surface area contributed by atoms with Crippen molar-refractivity contribution in [1.29, 1.82) is 5.26 Å². The second kappa shape index (κ2) is 7.39. The van der Waals surface area contributed by atoms with Gasteiger partial charge in [0.25, 0.3) is 0 Å². The van der Waals surface area contributed by atoms with Gasteiger partial charge in [0.1, 0.15) is 11.1 Å². The molecule has 6 heteroatoms. The number of anilines is 1. The topological polar surface area (TPSA) is 86.0 Å². The third-order valence-corrected chi connectivity index (χ3v) is 5.26. The number of rotatable bonds is 4. The summed E-state index contributed by atoms with van der Waals surface area (Å²) in [5.41, 5.74) is 2.43. The molecule has 1 atom stereocenters. The summed E-state index contributed by atoms with van der Waals surface area (Å²) in [4.78, 5) is 17.2. The van der Waals surface area contributed by atoms with Crippen molar-refractivity contribution < 1.29 is 9.90 Å². The van der Waals surface area contributed by atoms with Crippen LogP contribution >= 0.6 is 11.3 Å². The summed E-state index contributed by atoms with van der Waals surface area (Å²) in [5.74, 6) is -0.0237. The quantitative estimate of drug-likeness (QED) is 0.839. The zero-order valence-corrected chi connectivity index (χ0v) is 13.8. The van der Waals surface area contributed by atoms with Gasteiger partial charge in [0.15, 0.2) is 0 Å². The molecule has 0 saturated carbocycles. The molecule has 3 rings (SSSR count). The van der Waals surface area contributed by atoms with E-state index in [1.807, 2.05) is 6.07 Å². The number of carbonyl (C=O) groups is 1. The lowest BCUT2D eigenvalue weighted by atomic mass is 9.88. The first-order chi connectivity index (χ1) is 11.7. The van der Waals surface area contributed by atoms with E-state index in [0.29, 0.717) is 10.6 Å². The Morgan fingerprint density at radius 3 is 3.17 bits per heavy atom. The molecule has 2 aromatic rings. The maximum Gasteiger partial charge on any atom is 0.249 e. The molecule has 5 nitrogen and oxygen atoms in total. The number of amides is 1. The van der Waals surface area contributed by atoms with Crippen LogP contribution in [-0.2, 0) is 17.6 Å². The fourth-order valence-corrected chi connectivity index (χ4v) is 4.13. The summed E-state index contributed by atoms with van der Waals surface area (Å²) in [7, 11) is 0. The van der Waals surface area contributed by atoms with Crippen molar-refractivity contribution in [3.05, 3.63) is 52.2 Å². The number of carbonyl (C=O) groups excluding carboxylic acids is 1. The van der Waals surface area contributed by atoms with Crippen molar-refractivity contribution in [3.63, 3.8) is 0 Å². The lowest BCUT2D eigenvalue weighted by Crippen LogP contribution is -2.16. The average molecular weight is 339 g/mol. The van der Waals surface area contributed by atoms with E-state index in [4.69, 9.17) is 0 Å². The minimum Gasteiger partial charge on any atom is -0.396 e. The van der Waals surface area contributed by atoms with E-state index in [0.717, 1.165) is 35.3 Å². The summed E-state index contributed by atoms with van der Waals surface area (Å²) in [6, 6.07) is 5.87. The van der Waals surface area contributed by atoms with Gasteiger partial charge in [-0.15, -0.1) is 11.3 Å². The Kier molecular flexibility index (Phi) is 5.04. The number of nitrogens with zero attached hydrogens (tertiary/aromatic N) is 2. The van der Waals surface area contributed by atoms with E-state index >= 15 is 0 Å². The highest BCUT2D eigenvalue weighted by Gasteiger charge is 2.25. The normalized spacial score (nSPS) is 16.6. The standard InChI is InChI=1S/C18H17N3O2S/c19-9-15-14-5-3-13(11-22)8-16(14)24-18(15)21-17(23)6-4-12-2-1-7-20-10-12/h1-2,4,6-7,10,13,22H,3,5,8,11H2,(H,21,23)/b6-4+. The molecule has 1 unspecified atom stereocenters. The lowest BCUT2D eigenvalue weighted by molar-refractivity contribution is -0.111. The van der Waals surface area contributed by atoms with E-state index in [9.17, 15) is 15.2 Å². The van der Waals surface area contributed by atoms with E-state index in [-0.39, 0.29) is 18.4 Å². The summed E-state index contributed by atoms with van der Waals surface area (Å²) in [5, 5.41) is 22.2. The third-order valence-electron chi connectivity index (χ3n) is 4.09. The van der Waals surface area contributed by atoms with Gasteiger partial charge in [-0.1, -0.05) is 6.07 Å². The number of aliphatic hydroxyl groups excluding tert-OH is 1. The largest absolute Gasteiger partial charge is 0.396 e. The van der Waals surface area contributed by atoms with Crippen LogP contribution in [0.3, 0.4) is 0 Å². The number of pyridine rings is 1. The summed E-state index contributed by atoms with van der Waals surface area (Å²) >= 11 is 1.44. The SMILES string of the molecule is N#Cc1c(NC(=O)/C=C/c2cccnc2)sc2c1CCC(CO)C2. The van der Waals surface area contributed by atoms with Crippen LogP contribution in [0.15, 0.2) is 30.6 Å². The Bertz CT molecular complexity index is 806. The minimum absolute atomic E-state index is 0.161. The van der Waals surface area contributed by atoms with Gasteiger partial charge in [0, 0.05) is 30.0 Å². The molecule has 1 aliphatic rings. The van der Waals surface area contributed by atoms with Crippen LogP contribution in [0.5, 0.6) is 0 Å². The first kappa shape index (κ1) is 16.4. The zero-order chi connectivity index (χ0) is 16.9. The highest BCUT2D eigenvalue weighted by molar-refractivity contribution is 7.16. The molecule has 0 bridgehead atoms. The molecule has 0 fully saturated rings. The number of hydrogen-bond acceptors (Lipinski definition) is 5. The van der Waals surface area contributed by atoms with E-state index < -0.39 is 0 Å². The van der Waals surface area contributed by atoms with Crippen molar-refractivity contribution in [1.82, 2.24) is 4.98 Å². The fourth-order valence-electron chi connectivity index (χ4n) is 2.82. The predicted octanol–water partition coefficient (Wildman–Crippen LogP) is 2.76. The van der Waals surface area contributed by atoms with Crippen LogP contribution in [0, 0.1) is 17.2 Å². The van der Waals surface area contributed by atoms with Crippen LogP contribution in [0.1, 0.15) is 28.0 Å². The molecule has 1 amide bonds. The summed E-state index contributed by atoms with van der Waals surface area (Å²) < 4.78 is 0. The highest BCUT2D eigenvalue weighted by atomic mass is 32.1. The molecule has 0 aromatic carbocycles. The van der Waals surface area contributed by atoms with Gasteiger partial charge in [0.2, 0.25) is 5.91 Å². The van der Waals surface area contributed by atoms with Gasteiger partial charge in [-0.25, -0.2) is 0 Å². The van der Waals surface area contributed by atoms with E-state index in [2.05, 4.69) is 16.4 Å². The number of aliphatic hydroxyl groups is 1.